The van der Waals surface area contributed by atoms with Gasteiger partial charge in [-0.1, -0.05) is 43.3 Å². The number of ether oxygens (including phenoxy) is 4. The zero-order chi connectivity index (χ0) is 27.5. The molecule has 0 spiro atoms. The predicted molar refractivity (Wildman–Crippen MR) is 116 cm³/mol. The van der Waals surface area contributed by atoms with E-state index in [9.17, 15) is 35.1 Å². The molecule has 2 heterocycles. The fraction of sp³-hybridized carbons (Fsp3) is 0.308. The van der Waals surface area contributed by atoms with Crippen LogP contribution in [0.1, 0.15) is 24.5 Å². The van der Waals surface area contributed by atoms with Crippen LogP contribution >= 0.6 is 0 Å². The van der Waals surface area contributed by atoms with Gasteiger partial charge in [-0.25, -0.2) is 17.9 Å². The third-order valence-electron chi connectivity index (χ3n) is 6.47. The number of fused-ring (bicyclic) bond motifs is 2. The Balaban J connectivity index is 1.40. The molecule has 3 aromatic carbocycles. The van der Waals surface area contributed by atoms with Crippen LogP contribution in [0.3, 0.4) is 0 Å². The highest BCUT2D eigenvalue weighted by atomic mass is 19.4. The first-order valence-electron chi connectivity index (χ1n) is 11.3. The van der Waals surface area contributed by atoms with E-state index in [0.29, 0.717) is 48.5 Å². The van der Waals surface area contributed by atoms with Crippen molar-refractivity contribution in [2.24, 2.45) is 0 Å². The molecule has 0 unspecified atom stereocenters. The van der Waals surface area contributed by atoms with E-state index < -0.39 is 52.6 Å². The lowest BCUT2D eigenvalue weighted by Gasteiger charge is -2.24. The Morgan fingerprint density at radius 1 is 0.763 bits per heavy atom. The number of halogens is 8. The molecule has 0 radical (unpaired) electrons. The second-order valence-corrected chi connectivity index (χ2v) is 8.92. The molecule has 0 aromatic heterocycles. The van der Waals surface area contributed by atoms with Gasteiger partial charge in [-0.3, -0.25) is 0 Å². The van der Waals surface area contributed by atoms with Crippen molar-refractivity contribution in [1.82, 2.24) is 0 Å². The third-order valence-corrected chi connectivity index (χ3v) is 6.47. The van der Waals surface area contributed by atoms with Gasteiger partial charge in [0.25, 0.3) is 0 Å². The minimum absolute atomic E-state index is 0.303. The lowest BCUT2D eigenvalue weighted by Crippen LogP contribution is -2.34. The highest BCUT2D eigenvalue weighted by molar-refractivity contribution is 5.71. The predicted octanol–water partition coefficient (Wildman–Crippen LogP) is 7.36. The summed E-state index contributed by atoms with van der Waals surface area (Å²) in [7, 11) is 0. The van der Waals surface area contributed by atoms with Crippen molar-refractivity contribution in [3.05, 3.63) is 83.2 Å². The molecule has 0 aliphatic carbocycles. The molecule has 2 aliphatic rings. The van der Waals surface area contributed by atoms with Crippen LogP contribution in [0.15, 0.2) is 54.6 Å². The molecular formula is C26H18F8O4. The summed E-state index contributed by atoms with van der Waals surface area (Å²) < 4.78 is 128. The monoisotopic (exact) mass is 546 g/mol. The molecule has 4 nitrogen and oxygen atoms in total. The molecule has 12 heteroatoms. The SMILES string of the molecule is CCC12COC(c3ccc(-c4ccc(-c5cc(F)c(C(F)(F)OC(F)(F)F)c(F)c5)c(F)c4)cc3)(OC1)O2. The zero-order valence-electron chi connectivity index (χ0n) is 19.5. The second kappa shape index (κ2) is 9.01. The molecule has 3 aromatic rings. The molecule has 0 N–H and O–H groups in total. The number of rotatable bonds is 6. The highest BCUT2D eigenvalue weighted by Crippen LogP contribution is 2.48. The lowest BCUT2D eigenvalue weighted by atomic mass is 9.97. The van der Waals surface area contributed by atoms with Gasteiger partial charge < -0.3 is 14.2 Å². The molecule has 5 rings (SSSR count). The summed E-state index contributed by atoms with van der Waals surface area (Å²) in [6.07, 6.45) is -10.5. The molecule has 202 valence electrons. The van der Waals surface area contributed by atoms with Gasteiger partial charge in [0.1, 0.15) is 28.6 Å². The first kappa shape index (κ1) is 26.5. The molecule has 0 atom stereocenters. The average molecular weight is 546 g/mol. The van der Waals surface area contributed by atoms with E-state index in [-0.39, 0.29) is 5.56 Å². The first-order chi connectivity index (χ1) is 17.8. The Kier molecular flexibility index (Phi) is 6.29. The van der Waals surface area contributed by atoms with Crippen LogP contribution in [0.2, 0.25) is 0 Å². The maximum Gasteiger partial charge on any atom is 0.527 e. The molecule has 0 amide bonds. The number of alkyl halides is 5. The smallest absolute Gasteiger partial charge is 0.320 e. The summed E-state index contributed by atoms with van der Waals surface area (Å²) in [6.45, 7) is 2.73. The highest BCUT2D eigenvalue weighted by Gasteiger charge is 2.59. The van der Waals surface area contributed by atoms with Crippen molar-refractivity contribution in [3.8, 4) is 22.3 Å². The van der Waals surface area contributed by atoms with Crippen LogP contribution in [-0.4, -0.2) is 25.2 Å². The van der Waals surface area contributed by atoms with Crippen LogP contribution in [-0.2, 0) is 31.0 Å². The quantitative estimate of drug-likeness (QED) is 0.303. The van der Waals surface area contributed by atoms with E-state index in [1.165, 1.54) is 6.07 Å². The summed E-state index contributed by atoms with van der Waals surface area (Å²) in [6, 6.07) is 10.9. The Morgan fingerprint density at radius 2 is 1.32 bits per heavy atom. The van der Waals surface area contributed by atoms with E-state index in [1.54, 1.807) is 24.3 Å². The molecule has 2 saturated heterocycles. The van der Waals surface area contributed by atoms with Gasteiger partial charge in [-0.05, 0) is 41.3 Å². The van der Waals surface area contributed by atoms with Crippen LogP contribution in [0, 0.1) is 17.5 Å². The fourth-order valence-corrected chi connectivity index (χ4v) is 4.44. The largest absolute Gasteiger partial charge is 0.527 e. The molecule has 0 saturated carbocycles. The van der Waals surface area contributed by atoms with E-state index in [4.69, 9.17) is 14.2 Å². The van der Waals surface area contributed by atoms with Crippen LogP contribution in [0.5, 0.6) is 0 Å². The maximum absolute atomic E-state index is 14.9. The van der Waals surface area contributed by atoms with E-state index in [0.717, 1.165) is 12.1 Å². The lowest BCUT2D eigenvalue weighted by molar-refractivity contribution is -0.432. The van der Waals surface area contributed by atoms with Crippen molar-refractivity contribution >= 4 is 0 Å². The summed E-state index contributed by atoms with van der Waals surface area (Å²) in [4.78, 5) is 0. The summed E-state index contributed by atoms with van der Waals surface area (Å²) in [5.41, 5.74) is -2.08. The van der Waals surface area contributed by atoms with Crippen molar-refractivity contribution < 1.29 is 54.1 Å². The van der Waals surface area contributed by atoms with Crippen LogP contribution in [0.25, 0.3) is 22.3 Å². The summed E-state index contributed by atoms with van der Waals surface area (Å²) in [5, 5.41) is 0. The normalized spacial score (nSPS) is 23.3. The second-order valence-electron chi connectivity index (χ2n) is 8.92. The zero-order valence-corrected chi connectivity index (χ0v) is 19.5. The van der Waals surface area contributed by atoms with Gasteiger partial charge in [-0.15, -0.1) is 13.2 Å². The topological polar surface area (TPSA) is 36.9 Å². The Bertz CT molecular complexity index is 1340. The van der Waals surface area contributed by atoms with Crippen LogP contribution < -0.4 is 0 Å². The summed E-state index contributed by atoms with van der Waals surface area (Å²) in [5.74, 6) is -6.34. The van der Waals surface area contributed by atoms with Crippen molar-refractivity contribution in [3.63, 3.8) is 0 Å². The Labute approximate surface area is 210 Å². The Morgan fingerprint density at radius 3 is 1.82 bits per heavy atom. The van der Waals surface area contributed by atoms with Gasteiger partial charge in [0, 0.05) is 11.1 Å². The van der Waals surface area contributed by atoms with Gasteiger partial charge in [0.2, 0.25) is 0 Å². The van der Waals surface area contributed by atoms with E-state index in [2.05, 4.69) is 4.74 Å². The number of benzene rings is 3. The van der Waals surface area contributed by atoms with Gasteiger partial charge in [0.05, 0.1) is 13.2 Å². The standard InChI is InChI=1S/C26H18F8O4/c1-2-23-12-35-25(37-23,36-13-23)17-6-3-14(4-7-17)15-5-8-18(19(27)9-15)16-10-20(28)22(21(29)11-16)24(30,31)38-26(32,33)34/h3-11H,2,12-13H2,1H3. The minimum Gasteiger partial charge on any atom is -0.320 e. The van der Waals surface area contributed by atoms with Crippen molar-refractivity contribution in [1.29, 1.82) is 0 Å². The minimum atomic E-state index is -5.86. The van der Waals surface area contributed by atoms with E-state index in [1.807, 2.05) is 6.92 Å². The number of hydrogen-bond acceptors (Lipinski definition) is 4. The van der Waals surface area contributed by atoms with Crippen molar-refractivity contribution in [2.75, 3.05) is 13.2 Å². The fourth-order valence-electron chi connectivity index (χ4n) is 4.44. The average Bonchev–Trinajstić information content (AvgIpc) is 3.40. The molecule has 2 bridgehead atoms. The maximum atomic E-state index is 14.9. The Hall–Kier alpha value is -3.06. The molecule has 38 heavy (non-hydrogen) atoms. The molecular weight excluding hydrogens is 528 g/mol. The molecule has 2 aliphatic heterocycles. The first-order valence-corrected chi connectivity index (χ1v) is 11.3. The van der Waals surface area contributed by atoms with Gasteiger partial charge in [-0.2, -0.15) is 8.78 Å². The van der Waals surface area contributed by atoms with Crippen LogP contribution in [0.4, 0.5) is 35.1 Å². The van der Waals surface area contributed by atoms with Gasteiger partial charge in [0.15, 0.2) is 0 Å². The van der Waals surface area contributed by atoms with Gasteiger partial charge >= 0.3 is 18.4 Å². The summed E-state index contributed by atoms with van der Waals surface area (Å²) >= 11 is 0. The molecule has 2 fully saturated rings. The number of hydrogen-bond donors (Lipinski definition) is 0. The third kappa shape index (κ3) is 4.66. The van der Waals surface area contributed by atoms with E-state index >= 15 is 0 Å². The van der Waals surface area contributed by atoms with Crippen molar-refractivity contribution in [2.45, 2.75) is 37.4 Å².